The minimum Gasteiger partial charge on any atom is -0.461 e. The van der Waals surface area contributed by atoms with Gasteiger partial charge in [0.05, 0.1) is 17.8 Å². The Labute approximate surface area is 143 Å². The Morgan fingerprint density at radius 2 is 2.08 bits per heavy atom. The number of hydrogen-bond donors (Lipinski definition) is 0. The number of fused-ring (bicyclic) bond motifs is 1. The Morgan fingerprint density at radius 3 is 2.79 bits per heavy atom. The van der Waals surface area contributed by atoms with Gasteiger partial charge in [0.25, 0.3) is 5.56 Å². The van der Waals surface area contributed by atoms with E-state index in [-0.39, 0.29) is 18.2 Å². The molecule has 3 rings (SSSR count). The van der Waals surface area contributed by atoms with Crippen molar-refractivity contribution in [2.75, 3.05) is 0 Å². The van der Waals surface area contributed by atoms with E-state index >= 15 is 0 Å². The van der Waals surface area contributed by atoms with Crippen LogP contribution in [-0.2, 0) is 16.1 Å². The number of carbonyl (C=O) groups is 1. The van der Waals surface area contributed by atoms with Crippen LogP contribution in [0.1, 0.15) is 20.3 Å². The fraction of sp³-hybridized carbons (Fsp3) is 0.278. The van der Waals surface area contributed by atoms with Crippen LogP contribution in [0.15, 0.2) is 46.8 Å². The third-order valence-corrected chi connectivity index (χ3v) is 4.74. The first-order valence-electron chi connectivity index (χ1n) is 7.81. The highest BCUT2D eigenvalue weighted by atomic mass is 32.1. The molecule has 0 N–H and O–H groups in total. The average molecular weight is 342 g/mol. The number of rotatable bonds is 5. The standard InChI is InChI=1S/C18H18N2O3S/c1-3-12(2)23-15(21)9-20-11-19-17-16(18(20)22)14(10-24-17)13-7-5-4-6-8-13/h4-8,10-12H,3,9H2,1-2H3/t12-/m0/s1. The fourth-order valence-electron chi connectivity index (χ4n) is 2.39. The molecule has 0 amide bonds. The predicted octanol–water partition coefficient (Wildman–Crippen LogP) is 3.47. The number of carbonyl (C=O) groups excluding carboxylic acids is 1. The van der Waals surface area contributed by atoms with E-state index < -0.39 is 5.97 Å². The van der Waals surface area contributed by atoms with Gasteiger partial charge in [-0.15, -0.1) is 11.3 Å². The van der Waals surface area contributed by atoms with E-state index in [1.54, 1.807) is 0 Å². The van der Waals surface area contributed by atoms with Crippen molar-refractivity contribution in [2.24, 2.45) is 0 Å². The number of aromatic nitrogens is 2. The summed E-state index contributed by atoms with van der Waals surface area (Å²) in [6.45, 7) is 3.64. The second-order valence-corrected chi connectivity index (χ2v) is 6.44. The molecule has 0 fully saturated rings. The topological polar surface area (TPSA) is 61.2 Å². The summed E-state index contributed by atoms with van der Waals surface area (Å²) in [6.07, 6.45) is 1.99. The SMILES string of the molecule is CC[C@H](C)OC(=O)Cn1cnc2scc(-c3ccccc3)c2c1=O. The first kappa shape index (κ1) is 16.4. The van der Waals surface area contributed by atoms with Crippen LogP contribution in [-0.4, -0.2) is 21.6 Å². The summed E-state index contributed by atoms with van der Waals surface area (Å²) in [6, 6.07) is 9.69. The van der Waals surface area contributed by atoms with E-state index in [0.717, 1.165) is 17.5 Å². The van der Waals surface area contributed by atoms with Gasteiger partial charge in [0, 0.05) is 10.9 Å². The van der Waals surface area contributed by atoms with Crippen LogP contribution >= 0.6 is 11.3 Å². The molecule has 24 heavy (non-hydrogen) atoms. The van der Waals surface area contributed by atoms with Gasteiger partial charge < -0.3 is 4.74 Å². The molecule has 2 heterocycles. The van der Waals surface area contributed by atoms with Gasteiger partial charge in [-0.2, -0.15) is 0 Å². The van der Waals surface area contributed by atoms with Crippen molar-refractivity contribution in [3.63, 3.8) is 0 Å². The average Bonchev–Trinajstić information content (AvgIpc) is 3.03. The molecule has 124 valence electrons. The number of benzene rings is 1. The summed E-state index contributed by atoms with van der Waals surface area (Å²) in [4.78, 5) is 29.7. The molecule has 2 aromatic heterocycles. The van der Waals surface area contributed by atoms with Crippen LogP contribution in [0.25, 0.3) is 21.3 Å². The molecule has 0 unspecified atom stereocenters. The van der Waals surface area contributed by atoms with Crippen LogP contribution in [0, 0.1) is 0 Å². The highest BCUT2D eigenvalue weighted by Crippen LogP contribution is 2.30. The van der Waals surface area contributed by atoms with Gasteiger partial charge in [-0.1, -0.05) is 37.3 Å². The minimum atomic E-state index is -0.427. The molecule has 0 aliphatic heterocycles. The second kappa shape index (κ2) is 6.97. The highest BCUT2D eigenvalue weighted by Gasteiger charge is 2.15. The smallest absolute Gasteiger partial charge is 0.326 e. The lowest BCUT2D eigenvalue weighted by Crippen LogP contribution is -2.27. The van der Waals surface area contributed by atoms with Gasteiger partial charge in [0.2, 0.25) is 0 Å². The summed E-state index contributed by atoms with van der Waals surface area (Å²) in [5.74, 6) is -0.427. The molecule has 0 radical (unpaired) electrons. The summed E-state index contributed by atoms with van der Waals surface area (Å²) in [5, 5.41) is 2.47. The number of thiophene rings is 1. The molecule has 0 bridgehead atoms. The molecule has 5 nitrogen and oxygen atoms in total. The normalized spacial score (nSPS) is 12.2. The van der Waals surface area contributed by atoms with Crippen LogP contribution in [0.4, 0.5) is 0 Å². The van der Waals surface area contributed by atoms with Crippen LogP contribution in [0.2, 0.25) is 0 Å². The number of hydrogen-bond acceptors (Lipinski definition) is 5. The monoisotopic (exact) mass is 342 g/mol. The van der Waals surface area contributed by atoms with Crippen molar-refractivity contribution < 1.29 is 9.53 Å². The predicted molar refractivity (Wildman–Crippen MR) is 95.2 cm³/mol. The summed E-state index contributed by atoms with van der Waals surface area (Å²) in [7, 11) is 0. The second-order valence-electron chi connectivity index (χ2n) is 5.58. The lowest BCUT2D eigenvalue weighted by atomic mass is 10.1. The maximum Gasteiger partial charge on any atom is 0.326 e. The van der Waals surface area contributed by atoms with Gasteiger partial charge >= 0.3 is 5.97 Å². The van der Waals surface area contributed by atoms with Crippen molar-refractivity contribution in [3.8, 4) is 11.1 Å². The summed E-state index contributed by atoms with van der Waals surface area (Å²) >= 11 is 1.42. The molecular formula is C18H18N2O3S. The quantitative estimate of drug-likeness (QED) is 0.666. The first-order valence-corrected chi connectivity index (χ1v) is 8.69. The van der Waals surface area contributed by atoms with Gasteiger partial charge in [-0.3, -0.25) is 14.2 Å². The van der Waals surface area contributed by atoms with Crippen molar-refractivity contribution in [3.05, 3.63) is 52.4 Å². The number of esters is 1. The van der Waals surface area contributed by atoms with Crippen LogP contribution in [0.5, 0.6) is 0 Å². The molecular weight excluding hydrogens is 324 g/mol. The lowest BCUT2D eigenvalue weighted by Gasteiger charge is -2.11. The van der Waals surface area contributed by atoms with Crippen LogP contribution < -0.4 is 5.56 Å². The van der Waals surface area contributed by atoms with E-state index in [4.69, 9.17) is 4.74 Å². The van der Waals surface area contributed by atoms with Gasteiger partial charge in [0.1, 0.15) is 11.4 Å². The van der Waals surface area contributed by atoms with E-state index in [1.807, 2.05) is 49.6 Å². The summed E-state index contributed by atoms with van der Waals surface area (Å²) < 4.78 is 6.55. The third kappa shape index (κ3) is 3.23. The largest absolute Gasteiger partial charge is 0.461 e. The van der Waals surface area contributed by atoms with E-state index in [9.17, 15) is 9.59 Å². The Hall–Kier alpha value is -2.47. The molecule has 1 atom stereocenters. The van der Waals surface area contributed by atoms with Crippen molar-refractivity contribution in [2.45, 2.75) is 32.9 Å². The fourth-order valence-corrected chi connectivity index (χ4v) is 3.30. The van der Waals surface area contributed by atoms with Crippen molar-refractivity contribution in [1.82, 2.24) is 9.55 Å². The number of ether oxygens (including phenoxy) is 1. The third-order valence-electron chi connectivity index (χ3n) is 3.85. The zero-order chi connectivity index (χ0) is 17.1. The Kier molecular flexibility index (Phi) is 4.76. The molecule has 0 spiro atoms. The van der Waals surface area contributed by atoms with Crippen LogP contribution in [0.3, 0.4) is 0 Å². The summed E-state index contributed by atoms with van der Waals surface area (Å²) in [5.41, 5.74) is 1.58. The minimum absolute atomic E-state index is 0.129. The highest BCUT2D eigenvalue weighted by molar-refractivity contribution is 7.17. The molecule has 6 heteroatoms. The van der Waals surface area contributed by atoms with E-state index in [2.05, 4.69) is 4.98 Å². The van der Waals surface area contributed by atoms with Gasteiger partial charge in [-0.05, 0) is 18.9 Å². The molecule has 0 saturated heterocycles. The lowest BCUT2D eigenvalue weighted by molar-refractivity contribution is -0.149. The Morgan fingerprint density at radius 1 is 1.33 bits per heavy atom. The van der Waals surface area contributed by atoms with Gasteiger partial charge in [0.15, 0.2) is 0 Å². The first-order chi connectivity index (χ1) is 11.6. The van der Waals surface area contributed by atoms with E-state index in [1.165, 1.54) is 22.2 Å². The van der Waals surface area contributed by atoms with Crippen molar-refractivity contribution in [1.29, 1.82) is 0 Å². The molecule has 1 aromatic carbocycles. The maximum atomic E-state index is 12.8. The number of nitrogens with zero attached hydrogens (tertiary/aromatic N) is 2. The molecule has 0 aliphatic rings. The zero-order valence-electron chi connectivity index (χ0n) is 13.6. The molecule has 0 aliphatic carbocycles. The Bertz CT molecular complexity index is 915. The van der Waals surface area contributed by atoms with Gasteiger partial charge in [-0.25, -0.2) is 4.98 Å². The molecule has 3 aromatic rings. The zero-order valence-corrected chi connectivity index (χ0v) is 14.4. The Balaban J connectivity index is 1.99. The van der Waals surface area contributed by atoms with E-state index in [0.29, 0.717) is 10.2 Å². The molecule has 0 saturated carbocycles. The van der Waals surface area contributed by atoms with Crippen molar-refractivity contribution >= 4 is 27.5 Å². The maximum absolute atomic E-state index is 12.8.